The van der Waals surface area contributed by atoms with Crippen LogP contribution in [0.25, 0.3) is 10.9 Å². The topological polar surface area (TPSA) is 77.0 Å². The largest absolute Gasteiger partial charge is 0.460 e. The van der Waals surface area contributed by atoms with Crippen LogP contribution in [0.4, 0.5) is 19.0 Å². The summed E-state index contributed by atoms with van der Waals surface area (Å²) in [6, 6.07) is 5.56. The predicted molar refractivity (Wildman–Crippen MR) is 118 cm³/mol. The molecule has 1 aliphatic heterocycles. The molecule has 1 aliphatic rings. The quantitative estimate of drug-likeness (QED) is 0.501. The lowest BCUT2D eigenvalue weighted by atomic mass is 9.92. The summed E-state index contributed by atoms with van der Waals surface area (Å²) >= 11 is 0. The minimum absolute atomic E-state index is 0.118. The van der Waals surface area contributed by atoms with Gasteiger partial charge in [-0.3, -0.25) is 4.98 Å². The summed E-state index contributed by atoms with van der Waals surface area (Å²) < 4.78 is 59.6. The lowest BCUT2D eigenvalue weighted by molar-refractivity contribution is -0.138. The molecule has 0 spiro atoms. The second-order valence-electron chi connectivity index (χ2n) is 8.47. The summed E-state index contributed by atoms with van der Waals surface area (Å²) in [6.07, 6.45) is -2.76. The number of anilines is 1. The van der Waals surface area contributed by atoms with E-state index in [1.54, 1.807) is 39.3 Å². The number of hydrogen-bond donors (Lipinski definition) is 1. The molecule has 1 unspecified atom stereocenters. The van der Waals surface area contributed by atoms with Crippen LogP contribution in [-0.2, 0) is 17.2 Å². The van der Waals surface area contributed by atoms with E-state index in [-0.39, 0.29) is 18.0 Å². The van der Waals surface area contributed by atoms with Gasteiger partial charge in [0.05, 0.1) is 29.4 Å². The van der Waals surface area contributed by atoms with E-state index in [1.807, 2.05) is 0 Å². The van der Waals surface area contributed by atoms with E-state index < -0.39 is 31.0 Å². The monoisotopic (exact) mass is 464 g/mol. The van der Waals surface area contributed by atoms with Gasteiger partial charge in [0.15, 0.2) is 0 Å². The first kappa shape index (κ1) is 22.5. The van der Waals surface area contributed by atoms with E-state index in [0.29, 0.717) is 34.1 Å². The zero-order chi connectivity index (χ0) is 23.3. The molecule has 32 heavy (non-hydrogen) atoms. The predicted octanol–water partition coefficient (Wildman–Crippen LogP) is 5.18. The van der Waals surface area contributed by atoms with Crippen LogP contribution < -0.4 is 15.5 Å². The number of benzene rings is 1. The van der Waals surface area contributed by atoms with Crippen molar-refractivity contribution in [1.82, 2.24) is 15.0 Å². The standard InChI is InChI=1S/C22H24F3N4O2P/c1-12-8-9-15-14(6-5-7-17(15)22(23,24)25)13(2)27-20-16-10-19(32(3,4)30)26-11-18(16)28-21(29-20)31-12/h5-7,10-13H,8-9H2,1-4H3,(H,27,28,29)/t12?,13-/m1/s1. The highest BCUT2D eigenvalue weighted by atomic mass is 31.2. The fourth-order valence-electron chi connectivity index (χ4n) is 3.88. The Bertz CT molecular complexity index is 1230. The highest BCUT2D eigenvalue weighted by Crippen LogP contribution is 2.38. The normalized spacial score (nSPS) is 19.5. The van der Waals surface area contributed by atoms with E-state index in [1.165, 1.54) is 12.3 Å². The molecular formula is C22H24F3N4O2P. The number of fused-ring (bicyclic) bond motifs is 5. The van der Waals surface area contributed by atoms with Gasteiger partial charge >= 0.3 is 12.2 Å². The number of nitrogens with one attached hydrogen (secondary N) is 1. The molecule has 10 heteroatoms. The Morgan fingerprint density at radius 1 is 1.19 bits per heavy atom. The van der Waals surface area contributed by atoms with Gasteiger partial charge in [-0.1, -0.05) is 12.1 Å². The fraction of sp³-hybridized carbons (Fsp3) is 0.409. The molecule has 1 N–H and O–H groups in total. The molecule has 2 aromatic heterocycles. The first-order valence-electron chi connectivity index (χ1n) is 10.3. The summed E-state index contributed by atoms with van der Waals surface area (Å²) in [5.74, 6) is 0.395. The van der Waals surface area contributed by atoms with Gasteiger partial charge in [-0.25, -0.2) is 0 Å². The molecule has 0 saturated heterocycles. The van der Waals surface area contributed by atoms with Gasteiger partial charge in [0, 0.05) is 5.39 Å². The molecule has 0 radical (unpaired) electrons. The Morgan fingerprint density at radius 3 is 2.62 bits per heavy atom. The zero-order valence-corrected chi connectivity index (χ0v) is 19.1. The Morgan fingerprint density at radius 2 is 1.94 bits per heavy atom. The third kappa shape index (κ3) is 4.44. The van der Waals surface area contributed by atoms with Crippen LogP contribution in [0.2, 0.25) is 0 Å². The summed E-state index contributed by atoms with van der Waals surface area (Å²) in [6.45, 7) is 6.81. The molecule has 3 aromatic rings. The number of aromatic nitrogens is 3. The number of hydrogen-bond acceptors (Lipinski definition) is 6. The lowest BCUT2D eigenvalue weighted by Gasteiger charge is -2.22. The summed E-state index contributed by atoms with van der Waals surface area (Å²) in [5, 5.41) is 3.82. The first-order chi connectivity index (χ1) is 14.9. The second-order valence-corrected chi connectivity index (χ2v) is 11.6. The number of ether oxygens (including phenoxy) is 1. The van der Waals surface area contributed by atoms with Gasteiger partial charge < -0.3 is 14.6 Å². The van der Waals surface area contributed by atoms with Crippen molar-refractivity contribution in [1.29, 1.82) is 0 Å². The molecule has 3 heterocycles. The van der Waals surface area contributed by atoms with Gasteiger partial charge in [-0.05, 0) is 63.3 Å². The SMILES string of the molecule is CC1CCc2c(cccc2C(F)(F)F)[C@@H](C)Nc2nc(nc3cnc(P(C)(C)=O)cc23)O1. The van der Waals surface area contributed by atoms with E-state index >= 15 is 0 Å². The average Bonchev–Trinajstić information content (AvgIpc) is 2.71. The highest BCUT2D eigenvalue weighted by molar-refractivity contribution is 7.69. The number of rotatable bonds is 1. The Labute approximate surface area is 184 Å². The molecule has 4 rings (SSSR count). The minimum Gasteiger partial charge on any atom is -0.460 e. The summed E-state index contributed by atoms with van der Waals surface area (Å²) in [7, 11) is -2.64. The van der Waals surface area contributed by atoms with Gasteiger partial charge in [-0.2, -0.15) is 23.1 Å². The van der Waals surface area contributed by atoms with Gasteiger partial charge in [0.1, 0.15) is 18.4 Å². The van der Waals surface area contributed by atoms with Crippen LogP contribution >= 0.6 is 7.14 Å². The van der Waals surface area contributed by atoms with Crippen molar-refractivity contribution in [2.24, 2.45) is 0 Å². The van der Waals surface area contributed by atoms with Crippen molar-refractivity contribution >= 4 is 29.3 Å². The molecule has 0 amide bonds. The third-order valence-electron chi connectivity index (χ3n) is 5.54. The molecular weight excluding hydrogens is 440 g/mol. The van der Waals surface area contributed by atoms with Crippen LogP contribution in [0.5, 0.6) is 6.01 Å². The highest BCUT2D eigenvalue weighted by Gasteiger charge is 2.35. The summed E-state index contributed by atoms with van der Waals surface area (Å²) in [4.78, 5) is 13.2. The minimum atomic E-state index is -4.45. The van der Waals surface area contributed by atoms with Gasteiger partial charge in [0.25, 0.3) is 0 Å². The van der Waals surface area contributed by atoms with Crippen LogP contribution in [-0.4, -0.2) is 34.4 Å². The second kappa shape index (κ2) is 8.03. The fourth-order valence-corrected chi connectivity index (χ4v) is 4.66. The maximum Gasteiger partial charge on any atom is 0.416 e. The van der Waals surface area contributed by atoms with Crippen molar-refractivity contribution < 1.29 is 22.5 Å². The van der Waals surface area contributed by atoms with Crippen LogP contribution in [0.1, 0.15) is 43.0 Å². The maximum absolute atomic E-state index is 13.7. The molecule has 0 fully saturated rings. The Kier molecular flexibility index (Phi) is 5.65. The molecule has 1 aromatic carbocycles. The molecule has 6 nitrogen and oxygen atoms in total. The van der Waals surface area contributed by atoms with Gasteiger partial charge in [0.2, 0.25) is 0 Å². The lowest BCUT2D eigenvalue weighted by Crippen LogP contribution is -2.18. The number of alkyl halides is 3. The molecule has 0 saturated carbocycles. The van der Waals surface area contributed by atoms with Crippen molar-refractivity contribution in [3.05, 3.63) is 47.2 Å². The third-order valence-corrected chi connectivity index (χ3v) is 6.89. The van der Waals surface area contributed by atoms with Crippen molar-refractivity contribution in [2.45, 2.75) is 45.0 Å². The van der Waals surface area contributed by atoms with Crippen LogP contribution in [0.15, 0.2) is 30.5 Å². The van der Waals surface area contributed by atoms with Crippen LogP contribution in [0, 0.1) is 0 Å². The van der Waals surface area contributed by atoms with E-state index in [2.05, 4.69) is 20.3 Å². The maximum atomic E-state index is 13.7. The smallest absolute Gasteiger partial charge is 0.416 e. The molecule has 170 valence electrons. The zero-order valence-electron chi connectivity index (χ0n) is 18.2. The van der Waals surface area contributed by atoms with Gasteiger partial charge in [-0.15, -0.1) is 0 Å². The van der Waals surface area contributed by atoms with Crippen LogP contribution in [0.3, 0.4) is 0 Å². The van der Waals surface area contributed by atoms with Crippen molar-refractivity contribution in [3.63, 3.8) is 0 Å². The van der Waals surface area contributed by atoms with E-state index in [0.717, 1.165) is 6.07 Å². The molecule has 0 aliphatic carbocycles. The van der Waals surface area contributed by atoms with E-state index in [4.69, 9.17) is 4.74 Å². The Balaban J connectivity index is 1.90. The molecule has 2 atom stereocenters. The molecule has 2 bridgehead atoms. The van der Waals surface area contributed by atoms with Crippen molar-refractivity contribution in [2.75, 3.05) is 18.6 Å². The number of pyridine rings is 1. The summed E-state index contributed by atoms with van der Waals surface area (Å²) in [5.41, 5.74) is 1.08. The number of nitrogens with zero attached hydrogens (tertiary/aromatic N) is 3. The first-order valence-corrected chi connectivity index (χ1v) is 12.9. The average molecular weight is 464 g/mol. The Hall–Kier alpha value is -2.67. The van der Waals surface area contributed by atoms with E-state index in [9.17, 15) is 17.7 Å². The van der Waals surface area contributed by atoms with Crippen molar-refractivity contribution in [3.8, 4) is 6.01 Å². The number of halogens is 3.